The molecule has 2 aliphatic rings. The molecule has 1 aliphatic heterocycles. The van der Waals surface area contributed by atoms with E-state index < -0.39 is 34.3 Å². The predicted octanol–water partition coefficient (Wildman–Crippen LogP) is 2.59. The van der Waals surface area contributed by atoms with Crippen molar-refractivity contribution in [2.45, 2.75) is 25.5 Å². The lowest BCUT2D eigenvalue weighted by Gasteiger charge is -2.36. The fourth-order valence-electron chi connectivity index (χ4n) is 5.34. The van der Waals surface area contributed by atoms with Crippen LogP contribution in [0, 0.1) is 5.92 Å². The van der Waals surface area contributed by atoms with Gasteiger partial charge in [0.05, 0.1) is 31.8 Å². The van der Waals surface area contributed by atoms with Gasteiger partial charge in [-0.2, -0.15) is 0 Å². The number of benzene rings is 1. The molecule has 1 spiro atoms. The molecule has 2 atom stereocenters. The molecule has 1 aromatic carbocycles. The number of carbonyl (C=O) groups excluding carboxylic acids is 2. The van der Waals surface area contributed by atoms with Gasteiger partial charge in [-0.05, 0) is 30.2 Å². The summed E-state index contributed by atoms with van der Waals surface area (Å²) in [4.78, 5) is 64.5. The maximum absolute atomic E-state index is 14.1. The Morgan fingerprint density at radius 1 is 1.10 bits per heavy atom. The van der Waals surface area contributed by atoms with Gasteiger partial charge in [-0.1, -0.05) is 18.5 Å². The number of methoxy groups -OCH3 is 2. The van der Waals surface area contributed by atoms with Crippen LogP contribution in [-0.2, 0) is 13.0 Å². The number of pyridine rings is 2. The Balaban J connectivity index is 1.52. The van der Waals surface area contributed by atoms with Crippen LogP contribution in [0.3, 0.4) is 0 Å². The average Bonchev–Trinajstić information content (AvgIpc) is 3.25. The molecule has 1 aliphatic carbocycles. The van der Waals surface area contributed by atoms with Crippen molar-refractivity contribution in [3.8, 4) is 17.2 Å². The Morgan fingerprint density at radius 3 is 2.51 bits per heavy atom. The van der Waals surface area contributed by atoms with Gasteiger partial charge in [-0.25, -0.2) is 9.78 Å². The van der Waals surface area contributed by atoms with Gasteiger partial charge in [0.25, 0.3) is 5.56 Å². The topological polar surface area (TPSA) is 142 Å². The van der Waals surface area contributed by atoms with E-state index in [1.54, 1.807) is 31.5 Å². The zero-order valence-corrected chi connectivity index (χ0v) is 21.8. The Hall–Kier alpha value is -4.51. The van der Waals surface area contributed by atoms with Gasteiger partial charge in [-0.15, -0.1) is 0 Å². The molecule has 6 rings (SSSR count). The van der Waals surface area contributed by atoms with Gasteiger partial charge >= 0.3 is 5.69 Å². The molecule has 0 saturated heterocycles. The molecule has 39 heavy (non-hydrogen) atoms. The van der Waals surface area contributed by atoms with Crippen LogP contribution in [0.5, 0.6) is 17.2 Å². The molecule has 0 bridgehead atoms. The Kier molecular flexibility index (Phi) is 5.58. The molecule has 4 heterocycles. The number of nitrogens with zero attached hydrogens (tertiary/aromatic N) is 3. The molecule has 3 aromatic heterocycles. The first kappa shape index (κ1) is 24.8. The van der Waals surface area contributed by atoms with E-state index in [4.69, 9.17) is 25.8 Å². The monoisotopic (exact) mass is 548 g/mol. The van der Waals surface area contributed by atoms with Gasteiger partial charge < -0.3 is 14.2 Å². The number of ketones is 2. The first-order chi connectivity index (χ1) is 18.7. The van der Waals surface area contributed by atoms with Crippen LogP contribution in [0.15, 0.2) is 46.2 Å². The molecule has 0 radical (unpaired) electrons. The minimum atomic E-state index is -1.94. The van der Waals surface area contributed by atoms with Crippen LogP contribution in [0.1, 0.15) is 38.9 Å². The maximum Gasteiger partial charge on any atom is 0.330 e. The number of aromatic amines is 1. The van der Waals surface area contributed by atoms with Crippen molar-refractivity contribution in [3.63, 3.8) is 0 Å². The van der Waals surface area contributed by atoms with Gasteiger partial charge in [0, 0.05) is 29.9 Å². The molecule has 12 heteroatoms. The number of nitrogens with one attached hydrogen (secondary N) is 1. The van der Waals surface area contributed by atoms with E-state index in [1.165, 1.54) is 30.9 Å². The normalized spacial score (nSPS) is 19.6. The number of fused-ring (bicyclic) bond motifs is 3. The zero-order valence-electron chi connectivity index (χ0n) is 21.0. The van der Waals surface area contributed by atoms with E-state index in [9.17, 15) is 19.2 Å². The second-order valence-electron chi connectivity index (χ2n) is 9.46. The first-order valence-corrected chi connectivity index (χ1v) is 12.4. The molecule has 0 unspecified atom stereocenters. The molecule has 1 N–H and O–H groups in total. The number of ether oxygens (including phenoxy) is 3. The summed E-state index contributed by atoms with van der Waals surface area (Å²) in [5.41, 5.74) is -1.92. The largest absolute Gasteiger partial charge is 0.496 e. The van der Waals surface area contributed by atoms with Crippen molar-refractivity contribution >= 4 is 34.2 Å². The van der Waals surface area contributed by atoms with E-state index in [1.807, 2.05) is 0 Å². The molecule has 11 nitrogen and oxygen atoms in total. The smallest absolute Gasteiger partial charge is 0.330 e. The number of hydrogen-bond donors (Lipinski definition) is 1. The molecule has 4 aromatic rings. The fraction of sp³-hybridized carbons (Fsp3) is 0.259. The SMILES string of the molecule is COc1cc(OC)c2c(c1Cl)O[C@@]1(C(=O)c3cc4c(=O)[nH]c(=O)n(Cc5ccncc5)c4nc3C[C@H]1C)C2=O. The number of Topliss-reactive ketones (excluding diaryl/α,β-unsaturated/α-hetero) is 2. The van der Waals surface area contributed by atoms with E-state index in [0.29, 0.717) is 5.69 Å². The van der Waals surface area contributed by atoms with Gasteiger partial charge in [0.1, 0.15) is 27.7 Å². The molecular formula is C27H21ClN4O7. The second-order valence-corrected chi connectivity index (χ2v) is 9.83. The van der Waals surface area contributed by atoms with E-state index in [-0.39, 0.29) is 57.4 Å². The minimum Gasteiger partial charge on any atom is -0.496 e. The zero-order chi connectivity index (χ0) is 27.6. The quantitative estimate of drug-likeness (QED) is 0.381. The summed E-state index contributed by atoms with van der Waals surface area (Å²) < 4.78 is 18.2. The highest BCUT2D eigenvalue weighted by Crippen LogP contribution is 2.53. The van der Waals surface area contributed by atoms with E-state index >= 15 is 0 Å². The third kappa shape index (κ3) is 3.42. The van der Waals surface area contributed by atoms with Crippen molar-refractivity contribution < 1.29 is 23.8 Å². The summed E-state index contributed by atoms with van der Waals surface area (Å²) in [5.74, 6) is -1.54. The van der Waals surface area contributed by atoms with E-state index in [0.717, 1.165) is 5.56 Å². The lowest BCUT2D eigenvalue weighted by atomic mass is 9.71. The lowest BCUT2D eigenvalue weighted by molar-refractivity contribution is 0.0257. The Morgan fingerprint density at radius 2 is 1.82 bits per heavy atom. The third-order valence-electron chi connectivity index (χ3n) is 7.33. The van der Waals surface area contributed by atoms with Crippen LogP contribution in [0.4, 0.5) is 0 Å². The van der Waals surface area contributed by atoms with Crippen molar-refractivity contribution in [1.82, 2.24) is 19.5 Å². The summed E-state index contributed by atoms with van der Waals surface area (Å²) in [6, 6.07) is 6.32. The lowest BCUT2D eigenvalue weighted by Crippen LogP contribution is -2.57. The minimum absolute atomic E-state index is 0.000647. The first-order valence-electron chi connectivity index (χ1n) is 12.0. The number of aromatic nitrogens is 4. The highest BCUT2D eigenvalue weighted by atomic mass is 35.5. The van der Waals surface area contributed by atoms with Crippen molar-refractivity contribution in [2.24, 2.45) is 5.92 Å². The predicted molar refractivity (Wildman–Crippen MR) is 139 cm³/mol. The Bertz CT molecular complexity index is 1830. The number of hydrogen-bond acceptors (Lipinski definition) is 9. The molecular weight excluding hydrogens is 528 g/mol. The van der Waals surface area contributed by atoms with Crippen molar-refractivity contribution in [2.75, 3.05) is 14.2 Å². The average molecular weight is 549 g/mol. The fourth-order valence-corrected chi connectivity index (χ4v) is 5.61. The van der Waals surface area contributed by atoms with Gasteiger partial charge in [0.2, 0.25) is 17.2 Å². The summed E-state index contributed by atoms with van der Waals surface area (Å²) in [7, 11) is 2.79. The van der Waals surface area contributed by atoms with Crippen molar-refractivity contribution in [1.29, 1.82) is 0 Å². The standard InChI is InChI=1S/C27H21ClN4O7/c1-12-8-16-14(9-15-24(30-16)32(26(36)31-25(15)35)11-13-4-6-29-7-5-13)22(33)27(12)23(34)19-17(37-2)10-18(38-3)20(28)21(19)39-27/h4-7,9-10,12H,8,11H2,1-3H3,(H,31,35,36)/t12-,27+/m1/s1. The maximum atomic E-state index is 14.1. The van der Waals surface area contributed by atoms with Gasteiger partial charge in [-0.3, -0.25) is 28.9 Å². The number of carbonyl (C=O) groups is 2. The van der Waals surface area contributed by atoms with Crippen molar-refractivity contribution in [3.05, 3.63) is 84.9 Å². The second kappa shape index (κ2) is 8.77. The summed E-state index contributed by atoms with van der Waals surface area (Å²) >= 11 is 6.48. The number of H-pyrrole nitrogens is 1. The third-order valence-corrected chi connectivity index (χ3v) is 7.69. The van der Waals surface area contributed by atoms with Gasteiger partial charge in [0.15, 0.2) is 5.75 Å². The number of halogens is 1. The van der Waals surface area contributed by atoms with Crippen LogP contribution in [-0.4, -0.2) is 50.9 Å². The Labute approximate surface area is 225 Å². The van der Waals surface area contributed by atoms with E-state index in [2.05, 4.69) is 15.0 Å². The highest BCUT2D eigenvalue weighted by Gasteiger charge is 2.62. The molecule has 0 saturated carbocycles. The van der Waals surface area contributed by atoms with Crippen LogP contribution >= 0.6 is 11.6 Å². The van der Waals surface area contributed by atoms with Crippen LogP contribution in [0.2, 0.25) is 5.02 Å². The summed E-state index contributed by atoms with van der Waals surface area (Å²) in [6.07, 6.45) is 3.34. The molecule has 0 amide bonds. The van der Waals surface area contributed by atoms with Crippen LogP contribution < -0.4 is 25.5 Å². The number of rotatable bonds is 4. The summed E-state index contributed by atoms with van der Waals surface area (Å²) in [6.45, 7) is 1.83. The highest BCUT2D eigenvalue weighted by molar-refractivity contribution is 6.36. The molecule has 0 fully saturated rings. The molecule has 198 valence electrons. The summed E-state index contributed by atoms with van der Waals surface area (Å²) in [5, 5.41) is 0.0678. The van der Waals surface area contributed by atoms with Crippen LogP contribution in [0.25, 0.3) is 11.0 Å².